The van der Waals surface area contributed by atoms with Crippen molar-refractivity contribution in [3.8, 4) is 0 Å². The first-order chi connectivity index (χ1) is 9.15. The van der Waals surface area contributed by atoms with Gasteiger partial charge in [-0.1, -0.05) is 12.1 Å². The monoisotopic (exact) mass is 300 g/mol. The van der Waals surface area contributed by atoms with Crippen molar-refractivity contribution < 1.29 is 8.78 Å². The smallest absolute Gasteiger partial charge is 0.129 e. The van der Waals surface area contributed by atoms with Gasteiger partial charge in [0, 0.05) is 16.3 Å². The van der Waals surface area contributed by atoms with E-state index in [9.17, 15) is 8.78 Å². The van der Waals surface area contributed by atoms with Crippen LogP contribution in [-0.2, 0) is 12.8 Å². The average Bonchev–Trinajstić information content (AvgIpc) is 2.86. The molecular formula is C15H15ClF2S. The molecule has 1 aromatic carbocycles. The summed E-state index contributed by atoms with van der Waals surface area (Å²) in [6.45, 7) is 0. The Bertz CT molecular complexity index is 511. The van der Waals surface area contributed by atoms with Crippen LogP contribution in [0.5, 0.6) is 0 Å². The lowest BCUT2D eigenvalue weighted by atomic mass is 10.0. The summed E-state index contributed by atoms with van der Waals surface area (Å²) in [7, 11) is 0. The van der Waals surface area contributed by atoms with Crippen molar-refractivity contribution in [2.24, 2.45) is 0 Å². The minimum Gasteiger partial charge on any atom is -0.207 e. The number of thiophene rings is 1. The molecule has 1 aromatic heterocycles. The summed E-state index contributed by atoms with van der Waals surface area (Å²) in [6, 6.07) is 7.79. The predicted molar refractivity (Wildman–Crippen MR) is 77.0 cm³/mol. The number of benzene rings is 1. The molecule has 0 spiro atoms. The van der Waals surface area contributed by atoms with Crippen molar-refractivity contribution >= 4 is 22.9 Å². The van der Waals surface area contributed by atoms with Gasteiger partial charge in [-0.25, -0.2) is 8.78 Å². The van der Waals surface area contributed by atoms with E-state index in [0.717, 1.165) is 25.3 Å². The summed E-state index contributed by atoms with van der Waals surface area (Å²) in [6.07, 6.45) is 3.26. The number of halogens is 3. The van der Waals surface area contributed by atoms with E-state index in [1.807, 2.05) is 6.07 Å². The van der Waals surface area contributed by atoms with E-state index in [0.29, 0.717) is 12.0 Å². The molecule has 0 saturated carbocycles. The van der Waals surface area contributed by atoms with E-state index in [2.05, 4.69) is 11.4 Å². The maximum absolute atomic E-state index is 13.5. The maximum Gasteiger partial charge on any atom is 0.129 e. The van der Waals surface area contributed by atoms with Gasteiger partial charge >= 0.3 is 0 Å². The normalized spacial score (nSPS) is 12.6. The summed E-state index contributed by atoms with van der Waals surface area (Å²) in [5.74, 6) is -1.06. The van der Waals surface area contributed by atoms with Crippen molar-refractivity contribution in [2.75, 3.05) is 0 Å². The van der Waals surface area contributed by atoms with E-state index in [1.54, 1.807) is 11.3 Å². The van der Waals surface area contributed by atoms with E-state index < -0.39 is 11.6 Å². The van der Waals surface area contributed by atoms with Gasteiger partial charge in [0.25, 0.3) is 0 Å². The lowest BCUT2D eigenvalue weighted by Gasteiger charge is -2.10. The van der Waals surface area contributed by atoms with Gasteiger partial charge in [0.1, 0.15) is 11.6 Å². The standard InChI is InChI=1S/C15H15ClF2S/c16-12(3-1-4-14-5-2-8-19-14)9-11-6-7-13(17)10-15(11)18/h2,5-8,10,12H,1,3-4,9H2. The van der Waals surface area contributed by atoms with Crippen LogP contribution in [0, 0.1) is 11.6 Å². The number of rotatable bonds is 6. The molecule has 0 radical (unpaired) electrons. The largest absolute Gasteiger partial charge is 0.207 e. The summed E-state index contributed by atoms with van der Waals surface area (Å²) in [4.78, 5) is 1.34. The van der Waals surface area contributed by atoms with E-state index in [4.69, 9.17) is 11.6 Å². The van der Waals surface area contributed by atoms with Gasteiger partial charge in [-0.05, 0) is 48.8 Å². The molecule has 0 aliphatic heterocycles. The first-order valence-corrected chi connectivity index (χ1v) is 7.57. The molecule has 0 saturated heterocycles. The van der Waals surface area contributed by atoms with Gasteiger partial charge in [0.15, 0.2) is 0 Å². The molecule has 0 amide bonds. The van der Waals surface area contributed by atoms with Gasteiger partial charge in [-0.2, -0.15) is 0 Å². The molecule has 0 nitrogen and oxygen atoms in total. The zero-order valence-electron chi connectivity index (χ0n) is 10.4. The Kier molecular flexibility index (Phi) is 5.34. The molecule has 0 aliphatic carbocycles. The third-order valence-electron chi connectivity index (χ3n) is 2.98. The fraction of sp³-hybridized carbons (Fsp3) is 0.333. The average molecular weight is 301 g/mol. The summed E-state index contributed by atoms with van der Waals surface area (Å²) in [5, 5.41) is 1.95. The van der Waals surface area contributed by atoms with Gasteiger partial charge in [0.2, 0.25) is 0 Å². The van der Waals surface area contributed by atoms with Crippen LogP contribution in [0.4, 0.5) is 8.78 Å². The molecule has 1 unspecified atom stereocenters. The minimum atomic E-state index is -0.551. The third kappa shape index (κ3) is 4.59. The van der Waals surface area contributed by atoms with Gasteiger partial charge in [-0.3, -0.25) is 0 Å². The van der Waals surface area contributed by atoms with Gasteiger partial charge in [0.05, 0.1) is 0 Å². The molecule has 2 rings (SSSR count). The van der Waals surface area contributed by atoms with Crippen LogP contribution in [0.1, 0.15) is 23.3 Å². The number of aryl methyl sites for hydroxylation is 1. The number of hydrogen-bond donors (Lipinski definition) is 0. The van der Waals surface area contributed by atoms with Crippen LogP contribution in [0.25, 0.3) is 0 Å². The van der Waals surface area contributed by atoms with Crippen molar-refractivity contribution in [3.05, 3.63) is 57.8 Å². The Morgan fingerprint density at radius 2 is 2.05 bits per heavy atom. The second-order valence-corrected chi connectivity index (χ2v) is 6.16. The van der Waals surface area contributed by atoms with Crippen molar-refractivity contribution in [2.45, 2.75) is 31.1 Å². The van der Waals surface area contributed by atoms with Crippen molar-refractivity contribution in [1.82, 2.24) is 0 Å². The molecule has 2 aromatic rings. The highest BCUT2D eigenvalue weighted by Gasteiger charge is 2.10. The molecule has 4 heteroatoms. The molecule has 0 fully saturated rings. The lowest BCUT2D eigenvalue weighted by Crippen LogP contribution is -2.06. The molecule has 0 aliphatic rings. The summed E-state index contributed by atoms with van der Waals surface area (Å²) in [5.41, 5.74) is 0.484. The maximum atomic E-state index is 13.5. The molecule has 1 atom stereocenters. The second kappa shape index (κ2) is 7.01. The lowest BCUT2D eigenvalue weighted by molar-refractivity contribution is 0.566. The van der Waals surface area contributed by atoms with Crippen LogP contribution >= 0.6 is 22.9 Å². The fourth-order valence-electron chi connectivity index (χ4n) is 1.98. The Morgan fingerprint density at radius 1 is 1.21 bits per heavy atom. The van der Waals surface area contributed by atoms with Gasteiger partial charge < -0.3 is 0 Å². The Balaban J connectivity index is 1.79. The van der Waals surface area contributed by atoms with Crippen LogP contribution in [0.3, 0.4) is 0 Å². The van der Waals surface area contributed by atoms with Crippen molar-refractivity contribution in [3.63, 3.8) is 0 Å². The minimum absolute atomic E-state index is 0.111. The fourth-order valence-corrected chi connectivity index (χ4v) is 3.05. The molecule has 0 N–H and O–H groups in total. The Labute approximate surface area is 121 Å². The first-order valence-electron chi connectivity index (χ1n) is 6.25. The molecule has 19 heavy (non-hydrogen) atoms. The van der Waals surface area contributed by atoms with Crippen molar-refractivity contribution in [1.29, 1.82) is 0 Å². The van der Waals surface area contributed by atoms with Crippen LogP contribution < -0.4 is 0 Å². The molecule has 102 valence electrons. The van der Waals surface area contributed by atoms with E-state index in [-0.39, 0.29) is 5.38 Å². The highest BCUT2D eigenvalue weighted by atomic mass is 35.5. The highest BCUT2D eigenvalue weighted by molar-refractivity contribution is 7.09. The van der Waals surface area contributed by atoms with E-state index >= 15 is 0 Å². The Morgan fingerprint density at radius 3 is 2.74 bits per heavy atom. The third-order valence-corrected chi connectivity index (χ3v) is 4.29. The SMILES string of the molecule is Fc1ccc(CC(Cl)CCCc2cccs2)c(F)c1. The molecule has 1 heterocycles. The summed E-state index contributed by atoms with van der Waals surface area (Å²) >= 11 is 7.95. The molecule has 0 bridgehead atoms. The highest BCUT2D eigenvalue weighted by Crippen LogP contribution is 2.19. The zero-order chi connectivity index (χ0) is 13.7. The van der Waals surface area contributed by atoms with Crippen LogP contribution in [0.2, 0.25) is 0 Å². The second-order valence-electron chi connectivity index (χ2n) is 4.51. The number of alkyl halides is 1. The van der Waals surface area contributed by atoms with Gasteiger partial charge in [-0.15, -0.1) is 22.9 Å². The topological polar surface area (TPSA) is 0 Å². The molecular weight excluding hydrogens is 286 g/mol. The quantitative estimate of drug-likeness (QED) is 0.643. The van der Waals surface area contributed by atoms with Crippen LogP contribution in [0.15, 0.2) is 35.7 Å². The summed E-state index contributed by atoms with van der Waals surface area (Å²) < 4.78 is 26.2. The first kappa shape index (κ1) is 14.5. The van der Waals surface area contributed by atoms with Crippen LogP contribution in [-0.4, -0.2) is 5.38 Å². The predicted octanol–water partition coefficient (Wildman–Crippen LogP) is 5.20. The zero-order valence-corrected chi connectivity index (χ0v) is 12.0. The van der Waals surface area contributed by atoms with E-state index in [1.165, 1.54) is 17.0 Å². The number of hydrogen-bond acceptors (Lipinski definition) is 1. The Hall–Kier alpha value is -0.930.